The maximum atomic E-state index is 13.3. The quantitative estimate of drug-likeness (QED) is 0.0404. The Morgan fingerprint density at radius 2 is 0.967 bits per heavy atom. The van der Waals surface area contributed by atoms with Gasteiger partial charge < -0.3 is 23.7 Å². The highest BCUT2D eigenvalue weighted by molar-refractivity contribution is 7.94. The molecular weight excluding hydrogens is 817 g/mol. The average Bonchev–Trinajstić information content (AvgIpc) is 3.27. The lowest BCUT2D eigenvalue weighted by Gasteiger charge is -2.17. The number of aryl methyl sites for hydroxylation is 2. The van der Waals surface area contributed by atoms with Crippen molar-refractivity contribution in [1.29, 1.82) is 0 Å². The van der Waals surface area contributed by atoms with Crippen LogP contribution in [0.5, 0.6) is 46.0 Å². The van der Waals surface area contributed by atoms with Gasteiger partial charge in [0.25, 0.3) is 0 Å². The van der Waals surface area contributed by atoms with Crippen molar-refractivity contribution < 1.29 is 51.5 Å². The molecule has 0 amide bonds. The molecule has 0 saturated heterocycles. The van der Waals surface area contributed by atoms with E-state index in [1.165, 1.54) is 12.1 Å². The van der Waals surface area contributed by atoms with E-state index in [9.17, 15) is 13.2 Å². The third-order valence-electron chi connectivity index (χ3n) is 9.52. The first-order chi connectivity index (χ1) is 29.5. The van der Waals surface area contributed by atoms with Gasteiger partial charge in [-0.3, -0.25) is 4.79 Å². The van der Waals surface area contributed by atoms with Crippen LogP contribution in [0.3, 0.4) is 0 Å². The summed E-state index contributed by atoms with van der Waals surface area (Å²) in [5.41, 5.74) is 4.56. The number of methoxy groups -OCH3 is 1. The van der Waals surface area contributed by atoms with Gasteiger partial charge in [-0.2, -0.15) is 0 Å². The first kappa shape index (κ1) is 42.5. The molecule has 7 aromatic rings. The molecule has 7 rings (SSSR count). The molecule has 0 saturated carbocycles. The summed E-state index contributed by atoms with van der Waals surface area (Å²) in [4.78, 5) is 14.4. The van der Waals surface area contributed by atoms with Crippen LogP contribution in [0.1, 0.15) is 38.2 Å². The van der Waals surface area contributed by atoms with Crippen LogP contribution in [0, 0.1) is 20.8 Å². The van der Waals surface area contributed by atoms with Crippen molar-refractivity contribution in [2.24, 2.45) is 0 Å². The Kier molecular flexibility index (Phi) is 13.4. The molecule has 0 spiro atoms. The molecule has 1 N–H and O–H groups in total. The monoisotopic (exact) mass is 856 g/mol. The molecular formula is C48H40O11S2. The minimum atomic E-state index is -3.64. The highest BCUT2D eigenvalue weighted by atomic mass is 32.2. The van der Waals surface area contributed by atoms with Gasteiger partial charge in [0.05, 0.1) is 33.8 Å². The minimum Gasteiger partial charge on any atom is -0.496 e. The minimum absolute atomic E-state index is 0.152. The van der Waals surface area contributed by atoms with Gasteiger partial charge >= 0.3 is 0 Å². The molecule has 7 aromatic carbocycles. The fraction of sp³-hybridized carbons (Fsp3) is 0.104. The van der Waals surface area contributed by atoms with E-state index < -0.39 is 9.84 Å². The Bertz CT molecular complexity index is 2700. The fourth-order valence-corrected chi connectivity index (χ4v) is 8.23. The van der Waals surface area contributed by atoms with E-state index in [1.54, 1.807) is 141 Å². The van der Waals surface area contributed by atoms with Gasteiger partial charge in [-0.15, -0.1) is 4.33 Å². The largest absolute Gasteiger partial charge is 0.496 e. The van der Waals surface area contributed by atoms with Crippen LogP contribution in [-0.2, 0) is 25.8 Å². The summed E-state index contributed by atoms with van der Waals surface area (Å²) >= 11 is 0.862. The zero-order valence-corrected chi connectivity index (χ0v) is 35.1. The van der Waals surface area contributed by atoms with Crippen LogP contribution in [0.4, 0.5) is 0 Å². The van der Waals surface area contributed by atoms with Gasteiger partial charge in [-0.25, -0.2) is 13.7 Å². The lowest BCUT2D eigenvalue weighted by Crippen LogP contribution is -2.03. The van der Waals surface area contributed by atoms with Crippen molar-refractivity contribution in [3.8, 4) is 46.0 Å². The second-order valence-electron chi connectivity index (χ2n) is 13.8. The Morgan fingerprint density at radius 3 is 1.39 bits per heavy atom. The first-order valence-electron chi connectivity index (χ1n) is 18.9. The van der Waals surface area contributed by atoms with Crippen LogP contribution < -0.4 is 23.7 Å². The zero-order valence-electron chi connectivity index (χ0n) is 33.5. The molecule has 0 aliphatic heterocycles. The van der Waals surface area contributed by atoms with Crippen molar-refractivity contribution in [1.82, 2.24) is 0 Å². The van der Waals surface area contributed by atoms with E-state index >= 15 is 0 Å². The molecule has 0 aromatic heterocycles. The standard InChI is InChI=1S/C48H40O11S2/c1-31-5-25-44(26-6-31)61(51,52)45-27-23-43(24-28-45)57-42-21-19-41(20-22-42)56-39-13-9-35(10-14-39)46(49)34-7-11-38(12-8-34)55-40-17-15-37(16-18-40)54-30-36-29-32(2)47(53-4)33(3)48(36)60-59-58-50/h5-29,50H,30H2,1-4H3. The first-order valence-corrected chi connectivity index (χ1v) is 21.1. The molecule has 0 radical (unpaired) electrons. The smallest absolute Gasteiger partial charge is 0.206 e. The van der Waals surface area contributed by atoms with Crippen molar-refractivity contribution in [2.45, 2.75) is 42.1 Å². The highest BCUT2D eigenvalue weighted by Gasteiger charge is 2.19. The molecule has 0 fully saturated rings. The van der Waals surface area contributed by atoms with Gasteiger partial charge in [0, 0.05) is 22.3 Å². The fourth-order valence-electron chi connectivity index (χ4n) is 6.42. The van der Waals surface area contributed by atoms with Gasteiger partial charge in [0.2, 0.25) is 9.84 Å². The maximum absolute atomic E-state index is 13.3. The second kappa shape index (κ2) is 19.2. The van der Waals surface area contributed by atoms with Crippen molar-refractivity contribution >= 4 is 27.7 Å². The van der Waals surface area contributed by atoms with Crippen LogP contribution >= 0.6 is 12.0 Å². The molecule has 11 nitrogen and oxygen atoms in total. The predicted molar refractivity (Wildman–Crippen MR) is 230 cm³/mol. The van der Waals surface area contributed by atoms with E-state index in [0.29, 0.717) is 62.0 Å². The Labute approximate surface area is 358 Å². The summed E-state index contributed by atoms with van der Waals surface area (Å²) in [6, 6.07) is 42.9. The van der Waals surface area contributed by atoms with E-state index in [-0.39, 0.29) is 22.2 Å². The molecule has 0 aliphatic rings. The van der Waals surface area contributed by atoms with Crippen LogP contribution in [-0.4, -0.2) is 26.6 Å². The Hall–Kier alpha value is -6.61. The predicted octanol–water partition coefficient (Wildman–Crippen LogP) is 12.1. The lowest BCUT2D eigenvalue weighted by molar-refractivity contribution is -0.432. The number of rotatable bonds is 17. The number of benzene rings is 7. The summed E-state index contributed by atoms with van der Waals surface area (Å²) in [6.07, 6.45) is 0. The van der Waals surface area contributed by atoms with Crippen molar-refractivity contribution in [3.05, 3.63) is 185 Å². The van der Waals surface area contributed by atoms with Crippen LogP contribution in [0.15, 0.2) is 166 Å². The summed E-state index contributed by atoms with van der Waals surface area (Å²) in [5, 5.41) is 12.5. The maximum Gasteiger partial charge on any atom is 0.206 e. The zero-order chi connectivity index (χ0) is 42.9. The molecule has 0 atom stereocenters. The Balaban J connectivity index is 0.894. The highest BCUT2D eigenvalue weighted by Crippen LogP contribution is 2.37. The van der Waals surface area contributed by atoms with E-state index in [4.69, 9.17) is 33.3 Å². The topological polar surface area (TPSA) is 136 Å². The summed E-state index contributed by atoms with van der Waals surface area (Å²) in [5.74, 6) is 4.47. The number of hydrogen-bond acceptors (Lipinski definition) is 12. The summed E-state index contributed by atoms with van der Waals surface area (Å²) in [7, 11) is -2.04. The van der Waals surface area contributed by atoms with Crippen LogP contribution in [0.25, 0.3) is 0 Å². The lowest BCUT2D eigenvalue weighted by atomic mass is 10.0. The van der Waals surface area contributed by atoms with E-state index in [1.807, 2.05) is 26.8 Å². The number of sulfone groups is 1. The van der Waals surface area contributed by atoms with Crippen molar-refractivity contribution in [2.75, 3.05) is 7.11 Å². The van der Waals surface area contributed by atoms with Crippen LogP contribution in [0.2, 0.25) is 0 Å². The average molecular weight is 857 g/mol. The second-order valence-corrected chi connectivity index (χ2v) is 16.4. The molecule has 61 heavy (non-hydrogen) atoms. The number of hydrogen-bond donors (Lipinski definition) is 1. The normalized spacial score (nSPS) is 11.2. The SMILES string of the molecule is COc1c(C)cc(COc2ccc(Oc3ccc(C(=O)c4ccc(Oc5ccc(Oc6ccc(S(=O)(=O)c7ccc(C)cc7)cc6)cc5)cc4)cc3)cc2)c(SOOO)c1C. The van der Waals surface area contributed by atoms with Crippen molar-refractivity contribution in [3.63, 3.8) is 0 Å². The molecule has 0 bridgehead atoms. The van der Waals surface area contributed by atoms with Gasteiger partial charge in [-0.1, -0.05) is 22.7 Å². The van der Waals surface area contributed by atoms with Gasteiger partial charge in [0.15, 0.2) is 5.78 Å². The number of ether oxygens (including phenoxy) is 5. The van der Waals surface area contributed by atoms with Gasteiger partial charge in [0.1, 0.15) is 52.6 Å². The van der Waals surface area contributed by atoms with E-state index in [2.05, 4.69) is 5.04 Å². The Morgan fingerprint density at radius 1 is 0.574 bits per heavy atom. The third-order valence-corrected chi connectivity index (χ3v) is 12.2. The van der Waals surface area contributed by atoms with Gasteiger partial charge in [-0.05, 0) is 166 Å². The molecule has 310 valence electrons. The molecule has 0 heterocycles. The third kappa shape index (κ3) is 10.4. The number of carbonyl (C=O) groups excluding carboxylic acids is 1. The molecule has 13 heteroatoms. The number of carbonyl (C=O) groups is 1. The van der Waals surface area contributed by atoms with E-state index in [0.717, 1.165) is 34.3 Å². The summed E-state index contributed by atoms with van der Waals surface area (Å²) < 4.78 is 60.2. The molecule has 0 aliphatic carbocycles. The molecule has 0 unspecified atom stereocenters. The summed E-state index contributed by atoms with van der Waals surface area (Å²) in [6.45, 7) is 5.96. The number of ketones is 1.